The molecule has 1 fully saturated rings. The van der Waals surface area contributed by atoms with Crippen LogP contribution in [0.1, 0.15) is 24.5 Å². The molecule has 0 radical (unpaired) electrons. The highest BCUT2D eigenvalue weighted by Gasteiger charge is 2.25. The van der Waals surface area contributed by atoms with E-state index >= 15 is 0 Å². The standard InChI is InChI=1S/C16H19N7/c17-13-8-15(21-16(18)20-13)22-6-3-4-11(10-22)12-9-19-14-5-1-2-7-23(12)14/h1-2,5,7-9,11H,3-4,6,10H2,(H4,17,18,20,21)/t11-/m1/s1. The quantitative estimate of drug-likeness (QED) is 0.747. The zero-order valence-corrected chi connectivity index (χ0v) is 12.8. The van der Waals surface area contributed by atoms with Gasteiger partial charge >= 0.3 is 0 Å². The summed E-state index contributed by atoms with van der Waals surface area (Å²) >= 11 is 0. The third kappa shape index (κ3) is 2.54. The first-order valence-electron chi connectivity index (χ1n) is 7.77. The number of anilines is 3. The van der Waals surface area contributed by atoms with E-state index in [4.69, 9.17) is 11.5 Å². The fourth-order valence-electron chi connectivity index (χ4n) is 3.31. The molecule has 1 atom stereocenters. The van der Waals surface area contributed by atoms with Crippen molar-refractivity contribution in [1.29, 1.82) is 0 Å². The third-order valence-electron chi connectivity index (χ3n) is 4.36. The monoisotopic (exact) mass is 309 g/mol. The molecular weight excluding hydrogens is 290 g/mol. The van der Waals surface area contributed by atoms with E-state index in [0.717, 1.165) is 37.4 Å². The highest BCUT2D eigenvalue weighted by molar-refractivity contribution is 5.51. The normalized spacial score (nSPS) is 18.4. The zero-order chi connectivity index (χ0) is 15.8. The molecule has 7 nitrogen and oxygen atoms in total. The average molecular weight is 309 g/mol. The Morgan fingerprint density at radius 3 is 2.96 bits per heavy atom. The molecule has 0 saturated carbocycles. The topological polar surface area (TPSA) is 98.4 Å². The minimum absolute atomic E-state index is 0.219. The molecule has 0 bridgehead atoms. The van der Waals surface area contributed by atoms with Crippen molar-refractivity contribution in [3.8, 4) is 0 Å². The lowest BCUT2D eigenvalue weighted by Crippen LogP contribution is -2.35. The number of aromatic nitrogens is 4. The molecule has 1 aliphatic heterocycles. The summed E-state index contributed by atoms with van der Waals surface area (Å²) in [5, 5.41) is 0. The molecule has 23 heavy (non-hydrogen) atoms. The number of nitrogens with two attached hydrogens (primary N) is 2. The van der Waals surface area contributed by atoms with Gasteiger partial charge in [0, 0.05) is 43.2 Å². The average Bonchev–Trinajstić information content (AvgIpc) is 2.98. The Bertz CT molecular complexity index is 821. The van der Waals surface area contributed by atoms with Gasteiger partial charge in [0.1, 0.15) is 17.3 Å². The lowest BCUT2D eigenvalue weighted by molar-refractivity contribution is 0.496. The van der Waals surface area contributed by atoms with Gasteiger partial charge < -0.3 is 20.8 Å². The van der Waals surface area contributed by atoms with Crippen molar-refractivity contribution in [3.63, 3.8) is 0 Å². The van der Waals surface area contributed by atoms with Crippen molar-refractivity contribution in [2.75, 3.05) is 29.5 Å². The number of hydrogen-bond acceptors (Lipinski definition) is 6. The molecule has 0 aromatic carbocycles. The maximum Gasteiger partial charge on any atom is 0.223 e. The van der Waals surface area contributed by atoms with Crippen LogP contribution in [0.25, 0.3) is 5.65 Å². The van der Waals surface area contributed by atoms with Crippen molar-refractivity contribution < 1.29 is 0 Å². The van der Waals surface area contributed by atoms with Crippen molar-refractivity contribution in [1.82, 2.24) is 19.4 Å². The van der Waals surface area contributed by atoms with E-state index in [9.17, 15) is 0 Å². The second-order valence-electron chi connectivity index (χ2n) is 5.91. The Labute approximate surface area is 134 Å². The Kier molecular flexibility index (Phi) is 3.25. The van der Waals surface area contributed by atoms with Crippen LogP contribution in [0.5, 0.6) is 0 Å². The van der Waals surface area contributed by atoms with Gasteiger partial charge in [-0.2, -0.15) is 9.97 Å². The Balaban J connectivity index is 1.64. The molecule has 4 heterocycles. The van der Waals surface area contributed by atoms with Crippen LogP contribution in [-0.2, 0) is 0 Å². The Morgan fingerprint density at radius 1 is 1.17 bits per heavy atom. The molecule has 0 amide bonds. The van der Waals surface area contributed by atoms with Gasteiger partial charge in [0.05, 0.1) is 0 Å². The van der Waals surface area contributed by atoms with E-state index in [0.29, 0.717) is 11.7 Å². The Hall–Kier alpha value is -2.83. The summed E-state index contributed by atoms with van der Waals surface area (Å²) in [6.45, 7) is 1.82. The molecular formula is C16H19N7. The van der Waals surface area contributed by atoms with Crippen LogP contribution in [0.15, 0.2) is 36.7 Å². The third-order valence-corrected chi connectivity index (χ3v) is 4.36. The minimum Gasteiger partial charge on any atom is -0.383 e. The van der Waals surface area contributed by atoms with Crippen LogP contribution in [0, 0.1) is 0 Å². The maximum absolute atomic E-state index is 5.80. The molecule has 0 aliphatic carbocycles. The summed E-state index contributed by atoms with van der Waals surface area (Å²) < 4.78 is 2.16. The second kappa shape index (κ2) is 5.42. The van der Waals surface area contributed by atoms with Crippen LogP contribution in [0.3, 0.4) is 0 Å². The first-order chi connectivity index (χ1) is 11.2. The number of piperidine rings is 1. The van der Waals surface area contributed by atoms with Gasteiger partial charge in [-0.25, -0.2) is 4.98 Å². The summed E-state index contributed by atoms with van der Waals surface area (Å²) in [4.78, 5) is 15.0. The summed E-state index contributed by atoms with van der Waals surface area (Å²) in [6.07, 6.45) is 6.27. The minimum atomic E-state index is 0.219. The van der Waals surface area contributed by atoms with Gasteiger partial charge in [-0.15, -0.1) is 0 Å². The van der Waals surface area contributed by atoms with Crippen LogP contribution in [0.2, 0.25) is 0 Å². The molecule has 4 rings (SSSR count). The lowest BCUT2D eigenvalue weighted by Gasteiger charge is -2.33. The fourth-order valence-corrected chi connectivity index (χ4v) is 3.31. The van der Waals surface area contributed by atoms with Crippen molar-refractivity contribution in [2.45, 2.75) is 18.8 Å². The summed E-state index contributed by atoms with van der Waals surface area (Å²) in [5.41, 5.74) is 13.7. The number of rotatable bonds is 2. The summed E-state index contributed by atoms with van der Waals surface area (Å²) in [5.74, 6) is 1.83. The van der Waals surface area contributed by atoms with Crippen molar-refractivity contribution >= 4 is 23.2 Å². The van der Waals surface area contributed by atoms with Crippen LogP contribution in [0.4, 0.5) is 17.6 Å². The summed E-state index contributed by atoms with van der Waals surface area (Å²) in [6, 6.07) is 7.85. The first-order valence-corrected chi connectivity index (χ1v) is 7.77. The van der Waals surface area contributed by atoms with E-state index in [1.807, 2.05) is 24.4 Å². The van der Waals surface area contributed by atoms with E-state index in [-0.39, 0.29) is 5.95 Å². The first kappa shape index (κ1) is 13.8. The SMILES string of the molecule is Nc1cc(N2CCC[C@@H](c3cnc4ccccn34)C2)nc(N)n1. The number of imidazole rings is 1. The zero-order valence-electron chi connectivity index (χ0n) is 12.8. The second-order valence-corrected chi connectivity index (χ2v) is 5.91. The van der Waals surface area contributed by atoms with Crippen LogP contribution < -0.4 is 16.4 Å². The smallest absolute Gasteiger partial charge is 0.223 e. The number of hydrogen-bond donors (Lipinski definition) is 2. The van der Waals surface area contributed by atoms with E-state index in [2.05, 4.69) is 30.4 Å². The number of pyridine rings is 1. The van der Waals surface area contributed by atoms with E-state index in [1.165, 1.54) is 5.69 Å². The van der Waals surface area contributed by atoms with Crippen LogP contribution >= 0.6 is 0 Å². The Morgan fingerprint density at radius 2 is 2.09 bits per heavy atom. The molecule has 3 aromatic rings. The molecule has 1 aliphatic rings. The highest BCUT2D eigenvalue weighted by Crippen LogP contribution is 2.30. The molecule has 7 heteroatoms. The van der Waals surface area contributed by atoms with Gasteiger partial charge in [0.2, 0.25) is 5.95 Å². The predicted molar refractivity (Wildman–Crippen MR) is 90.2 cm³/mol. The van der Waals surface area contributed by atoms with Gasteiger partial charge in [-0.3, -0.25) is 0 Å². The number of fused-ring (bicyclic) bond motifs is 1. The molecule has 4 N–H and O–H groups in total. The fraction of sp³-hybridized carbons (Fsp3) is 0.312. The van der Waals surface area contributed by atoms with Gasteiger partial charge in [0.25, 0.3) is 0 Å². The number of nitrogens with zero attached hydrogens (tertiary/aromatic N) is 5. The highest BCUT2D eigenvalue weighted by atomic mass is 15.2. The molecule has 0 unspecified atom stereocenters. The van der Waals surface area contributed by atoms with E-state index < -0.39 is 0 Å². The molecule has 3 aromatic heterocycles. The molecule has 1 saturated heterocycles. The predicted octanol–water partition coefficient (Wildman–Crippen LogP) is 1.67. The largest absolute Gasteiger partial charge is 0.383 e. The summed E-state index contributed by atoms with van der Waals surface area (Å²) in [7, 11) is 0. The van der Waals surface area contributed by atoms with Gasteiger partial charge in [-0.1, -0.05) is 6.07 Å². The van der Waals surface area contributed by atoms with Crippen molar-refractivity contribution in [2.24, 2.45) is 0 Å². The molecule has 0 spiro atoms. The van der Waals surface area contributed by atoms with Crippen LogP contribution in [-0.4, -0.2) is 32.4 Å². The number of nitrogen functional groups attached to an aromatic ring is 2. The van der Waals surface area contributed by atoms with Crippen molar-refractivity contribution in [3.05, 3.63) is 42.4 Å². The van der Waals surface area contributed by atoms with E-state index in [1.54, 1.807) is 6.07 Å². The van der Waals surface area contributed by atoms with Gasteiger partial charge in [-0.05, 0) is 25.0 Å². The lowest BCUT2D eigenvalue weighted by atomic mass is 9.95. The van der Waals surface area contributed by atoms with Gasteiger partial charge in [0.15, 0.2) is 0 Å². The maximum atomic E-state index is 5.80. The molecule has 118 valence electrons.